The molecular weight excluding hydrogens is 314 g/mol. The maximum atomic E-state index is 12.6. The van der Waals surface area contributed by atoms with Gasteiger partial charge in [-0.1, -0.05) is 12.1 Å². The molecule has 128 valence electrons. The smallest absolute Gasteiger partial charge is 0.276 e. The van der Waals surface area contributed by atoms with Gasteiger partial charge >= 0.3 is 0 Å². The van der Waals surface area contributed by atoms with Crippen LogP contribution in [0.1, 0.15) is 34.7 Å². The molecule has 25 heavy (non-hydrogen) atoms. The van der Waals surface area contributed by atoms with Crippen molar-refractivity contribution in [1.82, 2.24) is 14.9 Å². The maximum Gasteiger partial charge on any atom is 0.276 e. The summed E-state index contributed by atoms with van der Waals surface area (Å²) in [7, 11) is 0. The summed E-state index contributed by atoms with van der Waals surface area (Å²) in [6.45, 7) is 3.35. The molecule has 1 aliphatic rings. The van der Waals surface area contributed by atoms with Crippen molar-refractivity contribution in [2.75, 3.05) is 13.1 Å². The molecule has 0 saturated carbocycles. The molecule has 5 heteroatoms. The first-order valence-corrected chi connectivity index (χ1v) is 8.74. The number of aryl methyl sites for hydroxylation is 1. The van der Waals surface area contributed by atoms with E-state index in [1.807, 2.05) is 17.2 Å². The molecule has 4 rings (SSSR count). The Labute approximate surface area is 146 Å². The molecule has 1 fully saturated rings. The van der Waals surface area contributed by atoms with Crippen molar-refractivity contribution >= 4 is 16.8 Å². The normalized spacial score (nSPS) is 17.8. The van der Waals surface area contributed by atoms with E-state index in [9.17, 15) is 4.79 Å². The largest absolute Gasteiger partial charge is 0.448 e. The molecule has 0 bridgehead atoms. The van der Waals surface area contributed by atoms with E-state index in [-0.39, 0.29) is 5.91 Å². The Morgan fingerprint density at radius 1 is 1.32 bits per heavy atom. The first-order valence-electron chi connectivity index (χ1n) is 8.74. The molecule has 3 aromatic rings. The van der Waals surface area contributed by atoms with Gasteiger partial charge in [-0.05, 0) is 55.9 Å². The monoisotopic (exact) mass is 335 g/mol. The molecule has 0 N–H and O–H groups in total. The Bertz CT molecular complexity index is 903. The fourth-order valence-electron chi connectivity index (χ4n) is 3.66. The average Bonchev–Trinajstić information content (AvgIpc) is 3.07. The first-order chi connectivity index (χ1) is 12.2. The minimum absolute atomic E-state index is 0.0151. The van der Waals surface area contributed by atoms with Gasteiger partial charge in [0.05, 0.1) is 5.52 Å². The van der Waals surface area contributed by atoms with Crippen LogP contribution in [0.3, 0.4) is 0 Å². The number of piperidine rings is 1. The Kier molecular flexibility index (Phi) is 4.22. The highest BCUT2D eigenvalue weighted by molar-refractivity contribution is 5.93. The third-order valence-electron chi connectivity index (χ3n) is 4.95. The number of amides is 1. The zero-order valence-electron chi connectivity index (χ0n) is 14.3. The number of benzene rings is 1. The van der Waals surface area contributed by atoms with Gasteiger partial charge in [0.2, 0.25) is 0 Å². The van der Waals surface area contributed by atoms with Crippen molar-refractivity contribution in [1.29, 1.82) is 0 Å². The molecule has 0 aliphatic carbocycles. The quantitative estimate of drug-likeness (QED) is 0.733. The average molecular weight is 335 g/mol. The number of likely N-dealkylation sites (tertiary alicyclic amines) is 1. The fraction of sp³-hybridized carbons (Fsp3) is 0.350. The van der Waals surface area contributed by atoms with Crippen LogP contribution in [0.2, 0.25) is 0 Å². The number of nitrogens with zero attached hydrogens (tertiary/aromatic N) is 3. The number of rotatable bonds is 3. The highest BCUT2D eigenvalue weighted by Crippen LogP contribution is 2.24. The lowest BCUT2D eigenvalue weighted by molar-refractivity contribution is 0.0666. The van der Waals surface area contributed by atoms with E-state index < -0.39 is 0 Å². The van der Waals surface area contributed by atoms with Crippen molar-refractivity contribution in [2.24, 2.45) is 5.92 Å². The molecule has 1 aromatic carbocycles. The second kappa shape index (κ2) is 6.67. The predicted molar refractivity (Wildman–Crippen MR) is 95.3 cm³/mol. The molecule has 1 amide bonds. The molecule has 5 nitrogen and oxygen atoms in total. The number of aromatic nitrogens is 2. The predicted octanol–water partition coefficient (Wildman–Crippen LogP) is 3.63. The Morgan fingerprint density at radius 2 is 2.24 bits per heavy atom. The number of pyridine rings is 1. The first kappa shape index (κ1) is 15.8. The zero-order valence-corrected chi connectivity index (χ0v) is 14.3. The van der Waals surface area contributed by atoms with Gasteiger partial charge in [-0.25, -0.2) is 4.98 Å². The SMILES string of the molecule is Cc1ocnc1C(=O)N1CCC[C@@H](Cc2ccc3ncccc3c2)C1. The Morgan fingerprint density at radius 3 is 3.08 bits per heavy atom. The molecule has 3 heterocycles. The van der Waals surface area contributed by atoms with Gasteiger partial charge < -0.3 is 9.32 Å². The van der Waals surface area contributed by atoms with Crippen LogP contribution in [0.5, 0.6) is 0 Å². The van der Waals surface area contributed by atoms with Crippen LogP contribution in [-0.4, -0.2) is 33.9 Å². The molecule has 0 radical (unpaired) electrons. The highest BCUT2D eigenvalue weighted by Gasteiger charge is 2.27. The number of carbonyl (C=O) groups is 1. The van der Waals surface area contributed by atoms with Crippen molar-refractivity contribution in [3.63, 3.8) is 0 Å². The third-order valence-corrected chi connectivity index (χ3v) is 4.95. The highest BCUT2D eigenvalue weighted by atomic mass is 16.3. The van der Waals surface area contributed by atoms with Crippen molar-refractivity contribution < 1.29 is 9.21 Å². The van der Waals surface area contributed by atoms with Crippen molar-refractivity contribution in [3.05, 3.63) is 59.9 Å². The van der Waals surface area contributed by atoms with E-state index in [1.165, 1.54) is 17.3 Å². The van der Waals surface area contributed by atoms with E-state index in [1.54, 1.807) is 6.92 Å². The number of oxazole rings is 1. The summed E-state index contributed by atoms with van der Waals surface area (Å²) >= 11 is 0. The van der Waals surface area contributed by atoms with E-state index in [4.69, 9.17) is 4.42 Å². The van der Waals surface area contributed by atoms with Gasteiger partial charge in [0.1, 0.15) is 5.76 Å². The molecule has 0 spiro atoms. The molecule has 1 saturated heterocycles. The lowest BCUT2D eigenvalue weighted by Crippen LogP contribution is -2.40. The standard InChI is InChI=1S/C20H21N3O2/c1-14-19(22-13-25-14)20(24)23-9-3-4-16(12-23)10-15-6-7-18-17(11-15)5-2-8-21-18/h2,5-8,11,13,16H,3-4,9-10,12H2,1H3/t16-/m0/s1. The molecule has 1 atom stereocenters. The van der Waals surface area contributed by atoms with Gasteiger partial charge in [0.15, 0.2) is 12.1 Å². The van der Waals surface area contributed by atoms with E-state index >= 15 is 0 Å². The van der Waals surface area contributed by atoms with Crippen LogP contribution >= 0.6 is 0 Å². The summed E-state index contributed by atoms with van der Waals surface area (Å²) in [5, 5.41) is 1.17. The number of carbonyl (C=O) groups excluding carboxylic acids is 1. The lowest BCUT2D eigenvalue weighted by atomic mass is 9.90. The van der Waals surface area contributed by atoms with Gasteiger partial charge in [-0.3, -0.25) is 9.78 Å². The van der Waals surface area contributed by atoms with Crippen LogP contribution in [0.25, 0.3) is 10.9 Å². The van der Waals surface area contributed by atoms with Gasteiger partial charge in [0, 0.05) is 24.7 Å². The summed E-state index contributed by atoms with van der Waals surface area (Å²) in [4.78, 5) is 23.0. The fourth-order valence-corrected chi connectivity index (χ4v) is 3.66. The van der Waals surface area contributed by atoms with E-state index in [0.29, 0.717) is 17.4 Å². The summed E-state index contributed by atoms with van der Waals surface area (Å²) < 4.78 is 5.18. The second-order valence-corrected chi connectivity index (χ2v) is 6.75. The van der Waals surface area contributed by atoms with Crippen molar-refractivity contribution in [3.8, 4) is 0 Å². The molecular formula is C20H21N3O2. The van der Waals surface area contributed by atoms with Gasteiger partial charge in [0.25, 0.3) is 5.91 Å². The Hall–Kier alpha value is -2.69. The summed E-state index contributed by atoms with van der Waals surface area (Å²) in [6.07, 6.45) is 6.31. The van der Waals surface area contributed by atoms with Gasteiger partial charge in [-0.2, -0.15) is 0 Å². The summed E-state index contributed by atoms with van der Waals surface area (Å²) in [6, 6.07) is 10.5. The zero-order chi connectivity index (χ0) is 17.2. The van der Waals surface area contributed by atoms with Crippen LogP contribution in [-0.2, 0) is 6.42 Å². The minimum Gasteiger partial charge on any atom is -0.448 e. The van der Waals surface area contributed by atoms with Gasteiger partial charge in [-0.15, -0.1) is 0 Å². The van der Waals surface area contributed by atoms with Crippen LogP contribution in [0.15, 0.2) is 47.3 Å². The number of fused-ring (bicyclic) bond motifs is 1. The van der Waals surface area contributed by atoms with Crippen LogP contribution in [0, 0.1) is 12.8 Å². The number of hydrogen-bond donors (Lipinski definition) is 0. The summed E-state index contributed by atoms with van der Waals surface area (Å²) in [5.74, 6) is 1.05. The van der Waals surface area contributed by atoms with E-state index in [2.05, 4.69) is 34.2 Å². The number of hydrogen-bond acceptors (Lipinski definition) is 4. The Balaban J connectivity index is 1.47. The molecule has 2 aromatic heterocycles. The van der Waals surface area contributed by atoms with E-state index in [0.717, 1.165) is 37.9 Å². The lowest BCUT2D eigenvalue weighted by Gasteiger charge is -2.32. The third kappa shape index (κ3) is 3.27. The maximum absolute atomic E-state index is 12.6. The topological polar surface area (TPSA) is 59.2 Å². The minimum atomic E-state index is -0.0151. The molecule has 0 unspecified atom stereocenters. The van der Waals surface area contributed by atoms with Crippen molar-refractivity contribution in [2.45, 2.75) is 26.2 Å². The second-order valence-electron chi connectivity index (χ2n) is 6.75. The summed E-state index contributed by atoms with van der Waals surface area (Å²) in [5.41, 5.74) is 2.77. The van der Waals surface area contributed by atoms with Crippen LogP contribution in [0.4, 0.5) is 0 Å². The molecule has 1 aliphatic heterocycles. The van der Waals surface area contributed by atoms with Crippen LogP contribution < -0.4 is 0 Å².